The smallest absolute Gasteiger partial charge is 0.193 e. The molecule has 0 bridgehead atoms. The molecule has 0 amide bonds. The number of aliphatic imine (C=N–C) groups is 1. The minimum atomic E-state index is -0.266. The Hall–Kier alpha value is -1.85. The third-order valence-electron chi connectivity index (χ3n) is 3.73. The number of rotatable bonds is 1. The Morgan fingerprint density at radius 3 is 2.70 bits per heavy atom. The summed E-state index contributed by atoms with van der Waals surface area (Å²) in [5.41, 5.74) is 2.49. The van der Waals surface area contributed by atoms with Crippen molar-refractivity contribution >= 4 is 40.2 Å². The van der Waals surface area contributed by atoms with Crippen LogP contribution in [0.1, 0.15) is 26.8 Å². The lowest BCUT2D eigenvalue weighted by Gasteiger charge is -2.27. The van der Waals surface area contributed by atoms with Crippen molar-refractivity contribution in [2.24, 2.45) is 10.9 Å². The number of ketones is 1. The van der Waals surface area contributed by atoms with E-state index in [1.807, 2.05) is 41.8 Å². The molecular formula is C15H10N2OS2. The number of thiophene rings is 1. The molecule has 1 N–H and O–H groups in total. The van der Waals surface area contributed by atoms with Crippen molar-refractivity contribution in [2.75, 3.05) is 0 Å². The van der Waals surface area contributed by atoms with Crippen LogP contribution in [0, 0.1) is 5.92 Å². The fourth-order valence-electron chi connectivity index (χ4n) is 2.88. The van der Waals surface area contributed by atoms with Gasteiger partial charge in [0.05, 0.1) is 17.7 Å². The number of benzene rings is 1. The van der Waals surface area contributed by atoms with Gasteiger partial charge in [-0.25, -0.2) is 4.99 Å². The summed E-state index contributed by atoms with van der Waals surface area (Å²) < 4.78 is 0. The number of fused-ring (bicyclic) bond motifs is 3. The fraction of sp³-hybridized carbons (Fsp3) is 0.133. The summed E-state index contributed by atoms with van der Waals surface area (Å²) in [4.78, 5) is 18.2. The molecule has 20 heavy (non-hydrogen) atoms. The van der Waals surface area contributed by atoms with E-state index in [2.05, 4.69) is 10.3 Å². The van der Waals surface area contributed by atoms with Crippen molar-refractivity contribution in [3.63, 3.8) is 0 Å². The third kappa shape index (κ3) is 1.60. The number of hydrogen-bond donors (Lipinski definition) is 1. The van der Waals surface area contributed by atoms with Crippen LogP contribution in [0.2, 0.25) is 0 Å². The predicted octanol–water partition coefficient (Wildman–Crippen LogP) is 2.98. The predicted molar refractivity (Wildman–Crippen MR) is 83.6 cm³/mol. The van der Waals surface area contributed by atoms with E-state index in [4.69, 9.17) is 12.2 Å². The van der Waals surface area contributed by atoms with Gasteiger partial charge in [0.2, 0.25) is 0 Å². The zero-order chi connectivity index (χ0) is 13.7. The maximum absolute atomic E-state index is 12.7. The van der Waals surface area contributed by atoms with E-state index in [1.54, 1.807) is 11.3 Å². The highest BCUT2D eigenvalue weighted by atomic mass is 32.1. The number of nitrogens with one attached hydrogen (secondary N) is 1. The molecule has 2 aliphatic rings. The van der Waals surface area contributed by atoms with Gasteiger partial charge in [0, 0.05) is 16.0 Å². The number of nitrogens with zero attached hydrogens (tertiary/aromatic N) is 1. The largest absolute Gasteiger partial charge is 0.352 e. The first-order valence-corrected chi connectivity index (χ1v) is 7.60. The molecule has 5 heteroatoms. The molecule has 0 saturated heterocycles. The highest BCUT2D eigenvalue weighted by Gasteiger charge is 2.45. The van der Waals surface area contributed by atoms with E-state index >= 15 is 0 Å². The van der Waals surface area contributed by atoms with Gasteiger partial charge in [-0.3, -0.25) is 4.79 Å². The second kappa shape index (κ2) is 4.33. The van der Waals surface area contributed by atoms with Gasteiger partial charge >= 0.3 is 0 Å². The Kier molecular flexibility index (Phi) is 2.58. The fourth-order valence-corrected chi connectivity index (χ4v) is 3.92. The minimum Gasteiger partial charge on any atom is -0.352 e. The monoisotopic (exact) mass is 298 g/mol. The zero-order valence-corrected chi connectivity index (χ0v) is 12.0. The van der Waals surface area contributed by atoms with E-state index in [0.29, 0.717) is 5.11 Å². The second-order valence-electron chi connectivity index (χ2n) is 4.83. The standard InChI is InChI=1S/C15H10N2OS2/c18-14-9-5-2-1-4-8(9)12-11(14)13(17-15(19)16-12)10-6-3-7-20-10/h1-7,11,13H,(H,17,19). The lowest BCUT2D eigenvalue weighted by atomic mass is 9.91. The van der Waals surface area contributed by atoms with Crippen molar-refractivity contribution in [1.29, 1.82) is 0 Å². The lowest BCUT2D eigenvalue weighted by molar-refractivity contribution is 0.0945. The van der Waals surface area contributed by atoms with E-state index in [-0.39, 0.29) is 17.7 Å². The molecule has 0 spiro atoms. The maximum Gasteiger partial charge on any atom is 0.193 e. The van der Waals surface area contributed by atoms with Gasteiger partial charge in [0.25, 0.3) is 0 Å². The molecule has 0 saturated carbocycles. The number of thiocarbonyl (C=S) groups is 1. The summed E-state index contributed by atoms with van der Waals surface area (Å²) in [6.45, 7) is 0. The first kappa shape index (κ1) is 11.9. The first-order chi connectivity index (χ1) is 9.75. The average molecular weight is 298 g/mol. The van der Waals surface area contributed by atoms with Gasteiger partial charge in [0.1, 0.15) is 0 Å². The number of hydrogen-bond acceptors (Lipinski definition) is 3. The molecule has 2 unspecified atom stereocenters. The molecule has 1 aromatic heterocycles. The van der Waals surface area contributed by atoms with Crippen LogP contribution in [0.25, 0.3) is 0 Å². The highest BCUT2D eigenvalue weighted by molar-refractivity contribution is 7.80. The van der Waals surface area contributed by atoms with Crippen molar-refractivity contribution in [3.05, 3.63) is 57.8 Å². The van der Waals surface area contributed by atoms with Gasteiger partial charge in [-0.2, -0.15) is 0 Å². The summed E-state index contributed by atoms with van der Waals surface area (Å²) in [7, 11) is 0. The van der Waals surface area contributed by atoms with Crippen molar-refractivity contribution in [3.8, 4) is 0 Å². The van der Waals surface area contributed by atoms with E-state index < -0.39 is 0 Å². The lowest BCUT2D eigenvalue weighted by Crippen LogP contribution is -2.41. The van der Waals surface area contributed by atoms with Crippen LogP contribution in [-0.2, 0) is 0 Å². The summed E-state index contributed by atoms with van der Waals surface area (Å²) in [6, 6.07) is 11.6. The van der Waals surface area contributed by atoms with Crippen LogP contribution >= 0.6 is 23.6 Å². The number of carbonyl (C=O) groups is 1. The topological polar surface area (TPSA) is 41.5 Å². The highest BCUT2D eigenvalue weighted by Crippen LogP contribution is 2.39. The van der Waals surface area contributed by atoms with Crippen LogP contribution in [0.4, 0.5) is 0 Å². The molecule has 0 radical (unpaired) electrons. The summed E-state index contributed by atoms with van der Waals surface area (Å²) in [6.07, 6.45) is 0. The Balaban J connectivity index is 1.90. The Morgan fingerprint density at radius 1 is 1.15 bits per heavy atom. The molecular weight excluding hydrogens is 288 g/mol. The van der Waals surface area contributed by atoms with Crippen LogP contribution in [0.5, 0.6) is 0 Å². The van der Waals surface area contributed by atoms with Gasteiger partial charge in [0.15, 0.2) is 10.9 Å². The molecule has 1 aromatic carbocycles. The molecule has 4 rings (SSSR count). The maximum atomic E-state index is 12.7. The summed E-state index contributed by atoms with van der Waals surface area (Å²) in [5.74, 6) is -0.134. The van der Waals surface area contributed by atoms with Crippen LogP contribution < -0.4 is 5.32 Å². The SMILES string of the molecule is O=C1c2ccccc2C2=NC(=S)NC(c3cccs3)C12. The van der Waals surface area contributed by atoms with Gasteiger partial charge in [-0.1, -0.05) is 30.3 Å². The van der Waals surface area contributed by atoms with Crippen LogP contribution in [0.3, 0.4) is 0 Å². The van der Waals surface area contributed by atoms with Crippen molar-refractivity contribution < 1.29 is 4.79 Å². The molecule has 2 atom stereocenters. The van der Waals surface area contributed by atoms with E-state index in [0.717, 1.165) is 21.7 Å². The minimum absolute atomic E-state index is 0.102. The van der Waals surface area contributed by atoms with Crippen LogP contribution in [0.15, 0.2) is 46.8 Å². The van der Waals surface area contributed by atoms with E-state index in [1.165, 1.54) is 0 Å². The van der Waals surface area contributed by atoms with Crippen molar-refractivity contribution in [2.45, 2.75) is 6.04 Å². The molecule has 1 aliphatic heterocycles. The normalized spacial score (nSPS) is 23.9. The van der Waals surface area contributed by atoms with Gasteiger partial charge < -0.3 is 5.32 Å². The third-order valence-corrected chi connectivity index (χ3v) is 4.89. The molecule has 2 heterocycles. The molecule has 3 nitrogen and oxygen atoms in total. The Labute approximate surface area is 125 Å². The Bertz CT molecular complexity index is 749. The van der Waals surface area contributed by atoms with Crippen molar-refractivity contribution in [1.82, 2.24) is 5.32 Å². The summed E-state index contributed by atoms with van der Waals surface area (Å²) in [5, 5.41) is 5.66. The molecule has 0 fully saturated rings. The average Bonchev–Trinajstić information content (AvgIpc) is 3.07. The summed E-state index contributed by atoms with van der Waals surface area (Å²) >= 11 is 6.88. The number of Topliss-reactive ketones (excluding diaryl/α,β-unsaturated/α-hetero) is 1. The van der Waals surface area contributed by atoms with Gasteiger partial charge in [-0.15, -0.1) is 11.3 Å². The number of carbonyl (C=O) groups excluding carboxylic acids is 1. The van der Waals surface area contributed by atoms with Gasteiger partial charge in [-0.05, 0) is 23.7 Å². The quantitative estimate of drug-likeness (QED) is 0.823. The molecule has 2 aromatic rings. The van der Waals surface area contributed by atoms with E-state index in [9.17, 15) is 4.79 Å². The second-order valence-corrected chi connectivity index (χ2v) is 6.19. The Morgan fingerprint density at radius 2 is 1.95 bits per heavy atom. The molecule has 1 aliphatic carbocycles. The first-order valence-electron chi connectivity index (χ1n) is 6.32. The zero-order valence-electron chi connectivity index (χ0n) is 10.4. The molecule has 98 valence electrons. The van der Waals surface area contributed by atoms with Crippen LogP contribution in [-0.4, -0.2) is 16.6 Å².